The molecule has 9 nitrogen and oxygen atoms in total. The first-order valence-corrected chi connectivity index (χ1v) is 17.6. The maximum Gasteiger partial charge on any atom is 0.132 e. The number of methoxy groups -OCH3 is 4. The molecule has 0 radical (unpaired) electrons. The predicted molar refractivity (Wildman–Crippen MR) is 194 cm³/mol. The van der Waals surface area contributed by atoms with Crippen molar-refractivity contribution in [1.29, 1.82) is 0 Å². The molecular weight excluding hydrogens is 656 g/mol. The van der Waals surface area contributed by atoms with Crippen LogP contribution in [-0.2, 0) is 50.1 Å². The highest BCUT2D eigenvalue weighted by atomic mass is 32.2. The number of hydrogen-bond acceptors (Lipinski definition) is 10. The Morgan fingerprint density at radius 1 is 0.520 bits per heavy atom. The molecule has 0 aliphatic carbocycles. The topological polar surface area (TPSA) is 83.1 Å². The number of rotatable bonds is 19. The molecule has 5 atom stereocenters. The molecule has 0 amide bonds. The Kier molecular flexibility index (Phi) is 14.1. The van der Waals surface area contributed by atoms with Crippen molar-refractivity contribution in [3.63, 3.8) is 0 Å². The second-order valence-corrected chi connectivity index (χ2v) is 12.9. The van der Waals surface area contributed by atoms with E-state index in [9.17, 15) is 0 Å². The van der Waals surface area contributed by atoms with E-state index in [0.29, 0.717) is 32.2 Å². The lowest BCUT2D eigenvalue weighted by Crippen LogP contribution is -2.60. The number of thioether (sulfide) groups is 1. The number of ether oxygens (including phenoxy) is 9. The first kappa shape index (κ1) is 36.0. The Labute approximate surface area is 301 Å². The van der Waals surface area contributed by atoms with Gasteiger partial charge in [0.1, 0.15) is 52.8 Å². The Bertz CT molecular complexity index is 1560. The van der Waals surface area contributed by atoms with Crippen LogP contribution in [0, 0.1) is 0 Å². The van der Waals surface area contributed by atoms with Gasteiger partial charge in [-0.3, -0.25) is 0 Å². The molecule has 0 aromatic heterocycles. The smallest absolute Gasteiger partial charge is 0.132 e. The van der Waals surface area contributed by atoms with Gasteiger partial charge in [-0.1, -0.05) is 55.4 Å². The normalized spacial score (nSPS) is 20.6. The van der Waals surface area contributed by atoms with E-state index in [-0.39, 0.29) is 13.5 Å². The van der Waals surface area contributed by atoms with Crippen LogP contribution in [0.3, 0.4) is 0 Å². The van der Waals surface area contributed by atoms with E-state index < -0.39 is 29.9 Å². The molecule has 1 fully saturated rings. The third-order valence-corrected chi connectivity index (χ3v) is 9.33. The minimum atomic E-state index is -0.560. The minimum absolute atomic E-state index is 0.239. The van der Waals surface area contributed by atoms with Gasteiger partial charge < -0.3 is 42.6 Å². The van der Waals surface area contributed by atoms with E-state index in [2.05, 4.69) is 0 Å². The highest BCUT2D eigenvalue weighted by Gasteiger charge is 2.48. The molecule has 10 heteroatoms. The second kappa shape index (κ2) is 19.6. The van der Waals surface area contributed by atoms with Crippen LogP contribution in [0.15, 0.2) is 97.1 Å². The lowest BCUT2D eigenvalue weighted by Gasteiger charge is -2.46. The van der Waals surface area contributed by atoms with Crippen molar-refractivity contribution in [3.8, 4) is 23.0 Å². The van der Waals surface area contributed by atoms with Gasteiger partial charge in [-0.2, -0.15) is 0 Å². The van der Waals surface area contributed by atoms with Crippen LogP contribution in [0.4, 0.5) is 0 Å². The van der Waals surface area contributed by atoms with E-state index in [1.807, 2.05) is 97.1 Å². The number of benzene rings is 4. The quantitative estimate of drug-likeness (QED) is 0.0980. The maximum absolute atomic E-state index is 7.92. The zero-order chi connectivity index (χ0) is 35.8. The minimum Gasteiger partial charge on any atom is -0.497 e. The summed E-state index contributed by atoms with van der Waals surface area (Å²) >= 11 is 1.55. The summed E-state index contributed by atoms with van der Waals surface area (Å²) in [6.07, 6.45) is -2.13. The average Bonchev–Trinajstić information content (AvgIpc) is 3.19. The van der Waals surface area contributed by atoms with Gasteiger partial charge in [0.05, 0.1) is 61.5 Å². The zero-order valence-electron chi connectivity index (χ0n) is 30.2. The van der Waals surface area contributed by atoms with Gasteiger partial charge in [0.25, 0.3) is 0 Å². The van der Waals surface area contributed by atoms with Crippen molar-refractivity contribution in [2.45, 2.75) is 63.2 Å². The van der Waals surface area contributed by atoms with Crippen LogP contribution in [-0.4, -0.2) is 70.7 Å². The standard InChI is InChI=1S/C40H48O9S/c1-6-50-40-39(48-26-31-13-21-35(44-5)22-14-31)38(47-25-30-11-19-34(43-4)20-12-30)37(46-24-29-9-17-33(42-3)18-10-29)36(49-40)27-45-23-28-7-15-32(41-2)16-8-28/h7-22,36-40H,6,23-27H2,1-5H3/t36-,37-,38+,39-,40?/m1/s1/i1D. The van der Waals surface area contributed by atoms with Crippen LogP contribution in [0.2, 0.25) is 0 Å². The molecule has 1 aliphatic heterocycles. The van der Waals surface area contributed by atoms with Crippen LogP contribution in [0.1, 0.15) is 30.5 Å². The van der Waals surface area contributed by atoms with Gasteiger partial charge in [0, 0.05) is 1.37 Å². The van der Waals surface area contributed by atoms with Gasteiger partial charge in [-0.15, -0.1) is 11.8 Å². The summed E-state index contributed by atoms with van der Waals surface area (Å²) in [4.78, 5) is 0. The summed E-state index contributed by atoms with van der Waals surface area (Å²) in [5, 5.41) is 0. The van der Waals surface area contributed by atoms with Crippen molar-refractivity contribution >= 4 is 11.8 Å². The predicted octanol–water partition coefficient (Wildman–Crippen LogP) is 7.47. The van der Waals surface area contributed by atoms with Crippen LogP contribution < -0.4 is 18.9 Å². The summed E-state index contributed by atoms with van der Waals surface area (Å²) in [5.74, 6) is 3.66. The van der Waals surface area contributed by atoms with E-state index in [1.165, 1.54) is 0 Å². The fourth-order valence-corrected chi connectivity index (χ4v) is 6.46. The fourth-order valence-electron chi connectivity index (χ4n) is 5.59. The second-order valence-electron chi connectivity index (χ2n) is 11.6. The van der Waals surface area contributed by atoms with Gasteiger partial charge in [0.15, 0.2) is 0 Å². The monoisotopic (exact) mass is 705 g/mol. The molecule has 1 unspecified atom stereocenters. The van der Waals surface area contributed by atoms with Crippen LogP contribution in [0.5, 0.6) is 23.0 Å². The summed E-state index contributed by atoms with van der Waals surface area (Å²) in [6.45, 7) is 1.82. The Balaban J connectivity index is 1.43. The molecule has 0 N–H and O–H groups in total. The van der Waals surface area contributed by atoms with E-state index in [4.69, 9.17) is 44.0 Å². The van der Waals surface area contributed by atoms with E-state index in [0.717, 1.165) is 45.3 Å². The molecule has 1 saturated heterocycles. The highest BCUT2D eigenvalue weighted by Crippen LogP contribution is 2.36. The summed E-state index contributed by atoms with van der Waals surface area (Å²) < 4.78 is 62.7. The average molecular weight is 706 g/mol. The Hall–Kier alpha value is -3.77. The number of hydrogen-bond donors (Lipinski definition) is 0. The molecule has 0 bridgehead atoms. The SMILES string of the molecule is [2H]CCSC1O[C@H](COCc2ccc(OC)cc2)[C@@H](OCc2ccc(OC)cc2)[C@H](OCc2ccc(OC)cc2)[C@H]1OCc1ccc(OC)cc1. The largest absolute Gasteiger partial charge is 0.497 e. The highest BCUT2D eigenvalue weighted by molar-refractivity contribution is 7.99. The molecule has 4 aromatic rings. The molecule has 50 heavy (non-hydrogen) atoms. The van der Waals surface area contributed by atoms with E-state index >= 15 is 0 Å². The molecule has 1 aliphatic rings. The van der Waals surface area contributed by atoms with Gasteiger partial charge in [-0.25, -0.2) is 0 Å². The zero-order valence-corrected chi connectivity index (χ0v) is 30.0. The first-order valence-electron chi connectivity index (χ1n) is 17.2. The van der Waals surface area contributed by atoms with Gasteiger partial charge in [-0.05, 0) is 76.5 Å². The molecule has 268 valence electrons. The van der Waals surface area contributed by atoms with Crippen molar-refractivity contribution in [2.24, 2.45) is 0 Å². The summed E-state index contributed by atoms with van der Waals surface area (Å²) in [5.41, 5.74) is 3.51. The fraction of sp³-hybridized carbons (Fsp3) is 0.400. The molecule has 0 spiro atoms. The molecule has 0 saturated carbocycles. The van der Waals surface area contributed by atoms with Crippen molar-refractivity contribution in [2.75, 3.05) is 40.8 Å². The molecule has 5 rings (SSSR count). The maximum atomic E-state index is 7.92. The van der Waals surface area contributed by atoms with Crippen molar-refractivity contribution in [1.82, 2.24) is 0 Å². The third-order valence-electron chi connectivity index (χ3n) is 8.39. The summed E-state index contributed by atoms with van der Waals surface area (Å²) in [7, 11) is 6.59. The van der Waals surface area contributed by atoms with Gasteiger partial charge >= 0.3 is 0 Å². The lowest BCUT2D eigenvalue weighted by molar-refractivity contribution is -0.254. The van der Waals surface area contributed by atoms with Crippen LogP contribution >= 0.6 is 11.8 Å². The Morgan fingerprint density at radius 2 is 0.900 bits per heavy atom. The van der Waals surface area contributed by atoms with Crippen molar-refractivity contribution in [3.05, 3.63) is 119 Å². The summed E-state index contributed by atoms with van der Waals surface area (Å²) in [6, 6.07) is 31.2. The Morgan fingerprint density at radius 3 is 1.30 bits per heavy atom. The molecule has 1 heterocycles. The van der Waals surface area contributed by atoms with Crippen molar-refractivity contribution < 1.29 is 44.0 Å². The van der Waals surface area contributed by atoms with Crippen LogP contribution in [0.25, 0.3) is 0 Å². The lowest BCUT2D eigenvalue weighted by atomic mass is 9.98. The van der Waals surface area contributed by atoms with E-state index in [1.54, 1.807) is 40.2 Å². The third kappa shape index (κ3) is 10.6. The molecular formula is C40H48O9S. The van der Waals surface area contributed by atoms with Gasteiger partial charge in [0.2, 0.25) is 0 Å². The first-order chi connectivity index (χ1) is 25.0. The molecule has 4 aromatic carbocycles.